The molecule has 0 saturated carbocycles. The van der Waals surface area contributed by atoms with Gasteiger partial charge in [0.15, 0.2) is 0 Å². The summed E-state index contributed by atoms with van der Waals surface area (Å²) in [5.41, 5.74) is 1.31. The van der Waals surface area contributed by atoms with E-state index in [1.807, 2.05) is 17.9 Å². The highest BCUT2D eigenvalue weighted by Crippen LogP contribution is 2.08. The Morgan fingerprint density at radius 2 is 2.41 bits per heavy atom. The number of aromatic nitrogens is 2. The van der Waals surface area contributed by atoms with Gasteiger partial charge in [-0.1, -0.05) is 6.42 Å². The Balaban J connectivity index is 1.70. The second-order valence-electron chi connectivity index (χ2n) is 5.11. The van der Waals surface area contributed by atoms with Crippen LogP contribution in [0.2, 0.25) is 0 Å². The van der Waals surface area contributed by atoms with E-state index < -0.39 is 0 Å². The smallest absolute Gasteiger partial charge is 0.0492 e. The first-order valence-electron chi connectivity index (χ1n) is 6.64. The topological polar surface area (TPSA) is 33.1 Å². The van der Waals surface area contributed by atoms with Crippen molar-refractivity contribution in [1.29, 1.82) is 0 Å². The lowest BCUT2D eigenvalue weighted by Gasteiger charge is -2.28. The number of aryl methyl sites for hydroxylation is 1. The van der Waals surface area contributed by atoms with Gasteiger partial charge in [-0.25, -0.2) is 0 Å². The molecule has 1 aliphatic rings. The van der Waals surface area contributed by atoms with E-state index in [1.165, 1.54) is 31.5 Å². The maximum atomic E-state index is 4.20. The molecule has 4 nitrogen and oxygen atoms in total. The van der Waals surface area contributed by atoms with Crippen LogP contribution in [0, 0.1) is 0 Å². The van der Waals surface area contributed by atoms with Gasteiger partial charge in [-0.15, -0.1) is 0 Å². The Labute approximate surface area is 104 Å². The molecule has 0 amide bonds. The van der Waals surface area contributed by atoms with Crippen molar-refractivity contribution in [2.75, 3.05) is 26.7 Å². The van der Waals surface area contributed by atoms with E-state index in [0.717, 1.165) is 19.5 Å². The normalized spacial score (nSPS) is 21.0. The van der Waals surface area contributed by atoms with E-state index in [9.17, 15) is 0 Å². The highest BCUT2D eigenvalue weighted by molar-refractivity contribution is 5.00. The van der Waals surface area contributed by atoms with Crippen molar-refractivity contribution in [2.45, 2.75) is 31.7 Å². The molecule has 0 aliphatic carbocycles. The summed E-state index contributed by atoms with van der Waals surface area (Å²) in [6.45, 7) is 3.47. The quantitative estimate of drug-likeness (QED) is 0.829. The lowest BCUT2D eigenvalue weighted by atomic mass is 10.0. The Morgan fingerprint density at radius 1 is 1.53 bits per heavy atom. The third-order valence-corrected chi connectivity index (χ3v) is 3.62. The van der Waals surface area contributed by atoms with Crippen LogP contribution in [0.4, 0.5) is 0 Å². The summed E-state index contributed by atoms with van der Waals surface area (Å²) in [4.78, 5) is 2.43. The van der Waals surface area contributed by atoms with E-state index in [0.29, 0.717) is 6.04 Å². The van der Waals surface area contributed by atoms with Gasteiger partial charge >= 0.3 is 0 Å². The molecule has 1 saturated heterocycles. The molecule has 2 rings (SSSR count). The SMILES string of the molecule is CN(CCc1ccnn1C)CC1CCCCN1. The monoisotopic (exact) mass is 236 g/mol. The summed E-state index contributed by atoms with van der Waals surface area (Å²) in [5.74, 6) is 0. The number of piperidine rings is 1. The summed E-state index contributed by atoms with van der Waals surface area (Å²) >= 11 is 0. The zero-order chi connectivity index (χ0) is 12.1. The van der Waals surface area contributed by atoms with Crippen LogP contribution >= 0.6 is 0 Å². The summed E-state index contributed by atoms with van der Waals surface area (Å²) in [6.07, 6.45) is 7.01. The second kappa shape index (κ2) is 6.17. The van der Waals surface area contributed by atoms with Crippen LogP contribution in [-0.2, 0) is 13.5 Å². The van der Waals surface area contributed by atoms with Crippen molar-refractivity contribution >= 4 is 0 Å². The maximum Gasteiger partial charge on any atom is 0.0492 e. The fraction of sp³-hybridized carbons (Fsp3) is 0.769. The van der Waals surface area contributed by atoms with Crippen LogP contribution in [0.15, 0.2) is 12.3 Å². The molecule has 17 heavy (non-hydrogen) atoms. The first kappa shape index (κ1) is 12.6. The first-order chi connectivity index (χ1) is 8.25. The molecule has 1 fully saturated rings. The number of rotatable bonds is 5. The average molecular weight is 236 g/mol. The minimum Gasteiger partial charge on any atom is -0.313 e. The van der Waals surface area contributed by atoms with Crippen molar-refractivity contribution in [3.63, 3.8) is 0 Å². The average Bonchev–Trinajstić information content (AvgIpc) is 2.74. The van der Waals surface area contributed by atoms with E-state index in [4.69, 9.17) is 0 Å². The molecule has 1 aliphatic heterocycles. The molecule has 1 atom stereocenters. The Bertz CT molecular complexity index is 328. The third kappa shape index (κ3) is 3.82. The van der Waals surface area contributed by atoms with Crippen LogP contribution in [0.25, 0.3) is 0 Å². The van der Waals surface area contributed by atoms with E-state index >= 15 is 0 Å². The molecule has 0 radical (unpaired) electrons. The van der Waals surface area contributed by atoms with Crippen LogP contribution in [-0.4, -0.2) is 47.4 Å². The lowest BCUT2D eigenvalue weighted by molar-refractivity contribution is 0.263. The van der Waals surface area contributed by atoms with Gasteiger partial charge in [0, 0.05) is 44.5 Å². The Hall–Kier alpha value is -0.870. The van der Waals surface area contributed by atoms with Crippen molar-refractivity contribution in [1.82, 2.24) is 20.0 Å². The molecule has 0 spiro atoms. The standard InChI is InChI=1S/C13H24N4/c1-16(11-12-5-3-4-8-14-12)10-7-13-6-9-15-17(13)2/h6,9,12,14H,3-5,7-8,10-11H2,1-2H3. The van der Waals surface area contributed by atoms with Gasteiger partial charge in [0.05, 0.1) is 0 Å². The zero-order valence-corrected chi connectivity index (χ0v) is 11.0. The van der Waals surface area contributed by atoms with E-state index in [2.05, 4.69) is 28.4 Å². The van der Waals surface area contributed by atoms with E-state index in [-0.39, 0.29) is 0 Å². The summed E-state index contributed by atoms with van der Waals surface area (Å²) < 4.78 is 1.96. The van der Waals surface area contributed by atoms with Crippen molar-refractivity contribution in [3.05, 3.63) is 18.0 Å². The predicted octanol–water partition coefficient (Wildman–Crippen LogP) is 1.04. The number of likely N-dealkylation sites (N-methyl/N-ethyl adjacent to an activating group) is 1. The largest absolute Gasteiger partial charge is 0.313 e. The summed E-state index contributed by atoms with van der Waals surface area (Å²) in [5, 5.41) is 7.79. The van der Waals surface area contributed by atoms with Crippen molar-refractivity contribution in [2.24, 2.45) is 7.05 Å². The molecule has 1 unspecified atom stereocenters. The van der Waals surface area contributed by atoms with Gasteiger partial charge < -0.3 is 10.2 Å². The van der Waals surface area contributed by atoms with Gasteiger partial charge in [-0.05, 0) is 32.5 Å². The van der Waals surface area contributed by atoms with Crippen molar-refractivity contribution in [3.8, 4) is 0 Å². The fourth-order valence-electron chi connectivity index (χ4n) is 2.50. The molecular formula is C13H24N4. The highest BCUT2D eigenvalue weighted by atomic mass is 15.3. The fourth-order valence-corrected chi connectivity index (χ4v) is 2.50. The minimum atomic E-state index is 0.695. The van der Waals surface area contributed by atoms with Crippen LogP contribution in [0.1, 0.15) is 25.0 Å². The molecule has 96 valence electrons. The van der Waals surface area contributed by atoms with E-state index in [1.54, 1.807) is 0 Å². The number of nitrogens with zero attached hydrogens (tertiary/aromatic N) is 3. The first-order valence-corrected chi connectivity index (χ1v) is 6.64. The molecule has 1 aromatic rings. The predicted molar refractivity (Wildman–Crippen MR) is 70.1 cm³/mol. The molecule has 0 aromatic carbocycles. The maximum absolute atomic E-state index is 4.20. The van der Waals surface area contributed by atoms with Gasteiger partial charge in [-0.3, -0.25) is 4.68 Å². The number of nitrogens with one attached hydrogen (secondary N) is 1. The second-order valence-corrected chi connectivity index (χ2v) is 5.11. The van der Waals surface area contributed by atoms with Crippen LogP contribution < -0.4 is 5.32 Å². The summed E-state index contributed by atoms with van der Waals surface area (Å²) in [7, 11) is 4.23. The van der Waals surface area contributed by atoms with Crippen LogP contribution in [0.3, 0.4) is 0 Å². The molecule has 1 N–H and O–H groups in total. The molecule has 2 heterocycles. The van der Waals surface area contributed by atoms with Gasteiger partial charge in [-0.2, -0.15) is 5.10 Å². The summed E-state index contributed by atoms with van der Waals surface area (Å²) in [6, 6.07) is 2.80. The van der Waals surface area contributed by atoms with Gasteiger partial charge in [0.2, 0.25) is 0 Å². The Kier molecular flexibility index (Phi) is 4.57. The Morgan fingerprint density at radius 3 is 3.06 bits per heavy atom. The highest BCUT2D eigenvalue weighted by Gasteiger charge is 2.14. The number of hydrogen-bond acceptors (Lipinski definition) is 3. The van der Waals surface area contributed by atoms with Gasteiger partial charge in [0.1, 0.15) is 0 Å². The lowest BCUT2D eigenvalue weighted by Crippen LogP contribution is -2.42. The minimum absolute atomic E-state index is 0.695. The van der Waals surface area contributed by atoms with Crippen LogP contribution in [0.5, 0.6) is 0 Å². The number of hydrogen-bond donors (Lipinski definition) is 1. The third-order valence-electron chi connectivity index (χ3n) is 3.62. The van der Waals surface area contributed by atoms with Gasteiger partial charge in [0.25, 0.3) is 0 Å². The molecule has 0 bridgehead atoms. The molecule has 1 aromatic heterocycles. The molecular weight excluding hydrogens is 212 g/mol. The molecule has 4 heteroatoms. The zero-order valence-electron chi connectivity index (χ0n) is 11.0. The van der Waals surface area contributed by atoms with Crippen molar-refractivity contribution < 1.29 is 0 Å².